The summed E-state index contributed by atoms with van der Waals surface area (Å²) in [6, 6.07) is 6.57. The number of fused-ring (bicyclic) bond motifs is 5. The SMILES string of the molecule is COc1ccc2c(c1)CC[C@@H]1[C@@H]2CC[C@]2(C)C(=O)C(C)=C[C@@H]12. The van der Waals surface area contributed by atoms with Crippen molar-refractivity contribution in [1.82, 2.24) is 0 Å². The first-order valence-electron chi connectivity index (χ1n) is 8.44. The predicted octanol–water partition coefficient (Wildman–Crippen LogP) is 4.29. The third kappa shape index (κ3) is 1.76. The van der Waals surface area contributed by atoms with Crippen LogP contribution in [0.3, 0.4) is 0 Å². The normalized spacial score (nSPS) is 36.2. The van der Waals surface area contributed by atoms with Crippen molar-refractivity contribution in [2.24, 2.45) is 17.3 Å². The number of hydrogen-bond acceptors (Lipinski definition) is 2. The van der Waals surface area contributed by atoms with E-state index in [1.165, 1.54) is 17.5 Å². The first-order valence-corrected chi connectivity index (χ1v) is 8.44. The van der Waals surface area contributed by atoms with Gasteiger partial charge in [-0.2, -0.15) is 0 Å². The van der Waals surface area contributed by atoms with E-state index in [2.05, 4.69) is 31.2 Å². The van der Waals surface area contributed by atoms with Gasteiger partial charge in [-0.05, 0) is 79.2 Å². The molecule has 4 rings (SSSR count). The number of methoxy groups -OCH3 is 1. The second-order valence-electron chi connectivity index (χ2n) is 7.53. The van der Waals surface area contributed by atoms with Crippen LogP contribution in [0.1, 0.15) is 50.2 Å². The third-order valence-corrected chi connectivity index (χ3v) is 6.49. The van der Waals surface area contributed by atoms with Gasteiger partial charge < -0.3 is 4.74 Å². The molecule has 0 saturated heterocycles. The molecule has 2 nitrogen and oxygen atoms in total. The number of hydrogen-bond donors (Lipinski definition) is 0. The summed E-state index contributed by atoms with van der Waals surface area (Å²) in [6.45, 7) is 4.20. The van der Waals surface area contributed by atoms with Crippen LogP contribution in [0.2, 0.25) is 0 Å². The largest absolute Gasteiger partial charge is 0.497 e. The fourth-order valence-electron chi connectivity index (χ4n) is 5.30. The van der Waals surface area contributed by atoms with Gasteiger partial charge in [-0.15, -0.1) is 0 Å². The molecule has 0 bridgehead atoms. The summed E-state index contributed by atoms with van der Waals surface area (Å²) in [5.74, 6) is 3.04. The Balaban J connectivity index is 1.73. The lowest BCUT2D eigenvalue weighted by Gasteiger charge is -2.48. The van der Waals surface area contributed by atoms with E-state index in [1.54, 1.807) is 7.11 Å². The van der Waals surface area contributed by atoms with E-state index < -0.39 is 0 Å². The van der Waals surface area contributed by atoms with Crippen molar-refractivity contribution in [3.05, 3.63) is 41.0 Å². The van der Waals surface area contributed by atoms with Crippen molar-refractivity contribution in [2.75, 3.05) is 7.11 Å². The fourth-order valence-corrected chi connectivity index (χ4v) is 5.30. The maximum Gasteiger partial charge on any atom is 0.164 e. The summed E-state index contributed by atoms with van der Waals surface area (Å²) in [5.41, 5.74) is 3.82. The molecule has 0 N–H and O–H groups in total. The zero-order valence-corrected chi connectivity index (χ0v) is 13.7. The zero-order chi connectivity index (χ0) is 15.5. The molecule has 0 aliphatic heterocycles. The third-order valence-electron chi connectivity index (χ3n) is 6.49. The number of carbonyl (C=O) groups is 1. The van der Waals surface area contributed by atoms with Gasteiger partial charge in [-0.25, -0.2) is 0 Å². The summed E-state index contributed by atoms with van der Waals surface area (Å²) in [6.07, 6.45) is 6.76. The molecule has 0 aromatic heterocycles. The Morgan fingerprint density at radius 2 is 2.09 bits per heavy atom. The van der Waals surface area contributed by atoms with Gasteiger partial charge >= 0.3 is 0 Å². The maximum atomic E-state index is 12.6. The maximum absolute atomic E-state index is 12.6. The summed E-state index contributed by atoms with van der Waals surface area (Å²) >= 11 is 0. The Morgan fingerprint density at radius 3 is 2.86 bits per heavy atom. The highest BCUT2D eigenvalue weighted by molar-refractivity contribution is 6.02. The second-order valence-corrected chi connectivity index (χ2v) is 7.53. The van der Waals surface area contributed by atoms with Gasteiger partial charge in [0.15, 0.2) is 5.78 Å². The summed E-state index contributed by atoms with van der Waals surface area (Å²) in [4.78, 5) is 12.6. The molecule has 3 aliphatic carbocycles. The quantitative estimate of drug-likeness (QED) is 0.773. The summed E-state index contributed by atoms with van der Waals surface area (Å²) in [7, 11) is 1.73. The number of carbonyl (C=O) groups excluding carboxylic acids is 1. The van der Waals surface area contributed by atoms with Gasteiger partial charge in [0.25, 0.3) is 0 Å². The molecule has 1 saturated carbocycles. The lowest BCUT2D eigenvalue weighted by atomic mass is 9.55. The van der Waals surface area contributed by atoms with Crippen LogP contribution in [-0.4, -0.2) is 12.9 Å². The number of aryl methyl sites for hydroxylation is 1. The average Bonchev–Trinajstić information content (AvgIpc) is 2.77. The van der Waals surface area contributed by atoms with Crippen LogP contribution in [0.25, 0.3) is 0 Å². The van der Waals surface area contributed by atoms with Crippen LogP contribution in [0.15, 0.2) is 29.8 Å². The van der Waals surface area contributed by atoms with Crippen LogP contribution in [0.5, 0.6) is 5.75 Å². The molecular weight excluding hydrogens is 272 g/mol. The lowest BCUT2D eigenvalue weighted by molar-refractivity contribution is -0.127. The molecule has 0 heterocycles. The van der Waals surface area contributed by atoms with Gasteiger partial charge in [-0.1, -0.05) is 19.1 Å². The molecule has 22 heavy (non-hydrogen) atoms. The Morgan fingerprint density at radius 1 is 1.27 bits per heavy atom. The minimum Gasteiger partial charge on any atom is -0.497 e. The van der Waals surface area contributed by atoms with Gasteiger partial charge in [0, 0.05) is 5.41 Å². The standard InChI is InChI=1S/C20H24O2/c1-12-10-18-17-6-4-13-11-14(22-3)5-7-15(13)16(17)8-9-20(18,2)19(12)21/h5,7,10-11,16-18H,4,6,8-9H2,1-3H3/t16-,17-,18+,20+/m1/s1. The summed E-state index contributed by atoms with van der Waals surface area (Å²) < 4.78 is 5.38. The highest BCUT2D eigenvalue weighted by atomic mass is 16.5. The molecule has 1 aromatic rings. The van der Waals surface area contributed by atoms with Crippen LogP contribution in [0.4, 0.5) is 0 Å². The topological polar surface area (TPSA) is 26.3 Å². The van der Waals surface area contributed by atoms with E-state index in [9.17, 15) is 4.79 Å². The molecular formula is C20H24O2. The minimum atomic E-state index is -0.130. The molecule has 1 aromatic carbocycles. The number of allylic oxidation sites excluding steroid dienone is 2. The number of ether oxygens (including phenoxy) is 1. The van der Waals surface area contributed by atoms with Crippen molar-refractivity contribution >= 4 is 5.78 Å². The van der Waals surface area contributed by atoms with Crippen LogP contribution >= 0.6 is 0 Å². The summed E-state index contributed by atoms with van der Waals surface area (Å²) in [5, 5.41) is 0. The number of Topliss-reactive ketones (excluding diaryl/α,β-unsaturated/α-hetero) is 1. The van der Waals surface area contributed by atoms with E-state index in [0.29, 0.717) is 23.5 Å². The number of benzene rings is 1. The average molecular weight is 296 g/mol. The molecule has 0 radical (unpaired) electrons. The fraction of sp³-hybridized carbons (Fsp3) is 0.550. The van der Waals surface area contributed by atoms with E-state index in [1.807, 2.05) is 6.92 Å². The van der Waals surface area contributed by atoms with Crippen molar-refractivity contribution in [1.29, 1.82) is 0 Å². The van der Waals surface area contributed by atoms with Crippen molar-refractivity contribution < 1.29 is 9.53 Å². The Labute approximate surface area is 132 Å². The van der Waals surface area contributed by atoms with Gasteiger partial charge in [0.05, 0.1) is 7.11 Å². The van der Waals surface area contributed by atoms with Gasteiger partial charge in [0.2, 0.25) is 0 Å². The van der Waals surface area contributed by atoms with Crippen molar-refractivity contribution in [3.63, 3.8) is 0 Å². The highest BCUT2D eigenvalue weighted by Crippen LogP contribution is 2.58. The van der Waals surface area contributed by atoms with E-state index in [4.69, 9.17) is 4.74 Å². The Bertz CT molecular complexity index is 672. The molecule has 3 aliphatic rings. The second kappa shape index (κ2) is 4.71. The van der Waals surface area contributed by atoms with Crippen molar-refractivity contribution in [2.45, 2.75) is 45.4 Å². The first-order chi connectivity index (χ1) is 10.5. The van der Waals surface area contributed by atoms with E-state index >= 15 is 0 Å². The van der Waals surface area contributed by atoms with Crippen LogP contribution in [0, 0.1) is 17.3 Å². The highest BCUT2D eigenvalue weighted by Gasteiger charge is 2.53. The monoisotopic (exact) mass is 296 g/mol. The van der Waals surface area contributed by atoms with Gasteiger partial charge in [-0.3, -0.25) is 4.79 Å². The molecule has 2 heteroatoms. The first kappa shape index (κ1) is 14.0. The molecule has 0 spiro atoms. The van der Waals surface area contributed by atoms with Crippen LogP contribution < -0.4 is 4.74 Å². The van der Waals surface area contributed by atoms with E-state index in [-0.39, 0.29) is 5.41 Å². The van der Waals surface area contributed by atoms with Crippen molar-refractivity contribution in [3.8, 4) is 5.75 Å². The lowest BCUT2D eigenvalue weighted by Crippen LogP contribution is -2.43. The smallest absolute Gasteiger partial charge is 0.164 e. The minimum absolute atomic E-state index is 0.130. The Kier molecular flexibility index (Phi) is 3.01. The molecule has 1 fully saturated rings. The molecule has 4 atom stereocenters. The molecule has 116 valence electrons. The zero-order valence-electron chi connectivity index (χ0n) is 13.7. The molecule has 0 unspecified atom stereocenters. The van der Waals surface area contributed by atoms with Gasteiger partial charge in [0.1, 0.15) is 5.75 Å². The molecule has 0 amide bonds. The predicted molar refractivity (Wildman–Crippen MR) is 87.1 cm³/mol. The van der Waals surface area contributed by atoms with E-state index in [0.717, 1.165) is 30.6 Å². The number of rotatable bonds is 1. The Hall–Kier alpha value is -1.57. The van der Waals surface area contributed by atoms with Crippen LogP contribution in [-0.2, 0) is 11.2 Å². The number of ketones is 1.